The number of fused-ring (bicyclic) bond motifs is 1. The van der Waals surface area contributed by atoms with Gasteiger partial charge in [-0.2, -0.15) is 0 Å². The number of aliphatic imine (C=N–C) groups is 1. The second-order valence-electron chi connectivity index (χ2n) is 5.50. The molecule has 1 fully saturated rings. The number of thioether (sulfide) groups is 1. The van der Waals surface area contributed by atoms with Crippen LogP contribution in [0.2, 0.25) is 0 Å². The molecule has 0 N–H and O–H groups in total. The first kappa shape index (κ1) is 15.7. The Balaban J connectivity index is 1.88. The molecule has 0 amide bonds. The number of nitrogens with zero attached hydrogens (tertiary/aromatic N) is 2. The second kappa shape index (κ2) is 6.12. The number of ether oxygens (including phenoxy) is 1. The Labute approximate surface area is 135 Å². The third kappa shape index (κ3) is 2.96. The van der Waals surface area contributed by atoms with Gasteiger partial charge in [0.1, 0.15) is 5.75 Å². The molecule has 0 aliphatic carbocycles. The van der Waals surface area contributed by atoms with Gasteiger partial charge in [0.2, 0.25) is 0 Å². The van der Waals surface area contributed by atoms with Crippen molar-refractivity contribution in [3.63, 3.8) is 0 Å². The maximum atomic E-state index is 11.9. The first-order valence-corrected chi connectivity index (χ1v) is 10.1. The number of para-hydroxylation sites is 1. The maximum absolute atomic E-state index is 11.9. The smallest absolute Gasteiger partial charge is 0.160 e. The van der Waals surface area contributed by atoms with E-state index in [4.69, 9.17) is 4.74 Å². The predicted molar refractivity (Wildman–Crippen MR) is 90.3 cm³/mol. The zero-order chi connectivity index (χ0) is 15.7. The summed E-state index contributed by atoms with van der Waals surface area (Å²) >= 11 is 1.68. The summed E-state index contributed by atoms with van der Waals surface area (Å²) in [7, 11) is -1.32. The van der Waals surface area contributed by atoms with Gasteiger partial charge in [-0.1, -0.05) is 36.9 Å². The summed E-state index contributed by atoms with van der Waals surface area (Å²) in [6, 6.07) is 7.70. The van der Waals surface area contributed by atoms with Crippen LogP contribution in [0.25, 0.3) is 0 Å². The monoisotopic (exact) mass is 340 g/mol. The van der Waals surface area contributed by atoms with E-state index >= 15 is 0 Å². The van der Waals surface area contributed by atoms with Crippen molar-refractivity contribution >= 4 is 26.8 Å². The zero-order valence-corrected chi connectivity index (χ0v) is 14.4. The van der Waals surface area contributed by atoms with E-state index in [1.54, 1.807) is 18.9 Å². The van der Waals surface area contributed by atoms with Gasteiger partial charge < -0.3 is 9.64 Å². The minimum atomic E-state index is -2.97. The molecule has 0 aromatic heterocycles. The van der Waals surface area contributed by atoms with Crippen molar-refractivity contribution < 1.29 is 13.2 Å². The van der Waals surface area contributed by atoms with Crippen molar-refractivity contribution in [2.75, 3.05) is 24.4 Å². The van der Waals surface area contributed by atoms with Crippen molar-refractivity contribution in [3.05, 3.63) is 29.8 Å². The van der Waals surface area contributed by atoms with Gasteiger partial charge in [-0.3, -0.25) is 4.99 Å². The van der Waals surface area contributed by atoms with Crippen LogP contribution < -0.4 is 4.74 Å². The van der Waals surface area contributed by atoms with Gasteiger partial charge in [0.25, 0.3) is 0 Å². The summed E-state index contributed by atoms with van der Waals surface area (Å²) < 4.78 is 29.2. The topological polar surface area (TPSA) is 59.0 Å². The summed E-state index contributed by atoms with van der Waals surface area (Å²) in [6.07, 6.45) is 0. The summed E-state index contributed by atoms with van der Waals surface area (Å²) in [5, 5.41) is 0.957. The van der Waals surface area contributed by atoms with Crippen LogP contribution in [0.15, 0.2) is 29.3 Å². The van der Waals surface area contributed by atoms with Crippen LogP contribution in [-0.2, 0) is 16.4 Å². The van der Waals surface area contributed by atoms with E-state index in [-0.39, 0.29) is 23.6 Å². The highest BCUT2D eigenvalue weighted by Crippen LogP contribution is 2.33. The molecular weight excluding hydrogens is 320 g/mol. The Kier molecular flexibility index (Phi) is 4.36. The van der Waals surface area contributed by atoms with E-state index in [0.717, 1.165) is 22.2 Å². The summed E-state index contributed by atoms with van der Waals surface area (Å²) in [5.41, 5.74) is 1.05. The summed E-state index contributed by atoms with van der Waals surface area (Å²) in [5.74, 6) is 2.12. The minimum absolute atomic E-state index is 0.0380. The van der Waals surface area contributed by atoms with Crippen LogP contribution in [0.4, 0.5) is 0 Å². The van der Waals surface area contributed by atoms with Crippen LogP contribution >= 0.6 is 11.8 Å². The Morgan fingerprint density at radius 1 is 1.36 bits per heavy atom. The molecule has 5 nitrogen and oxygen atoms in total. The lowest BCUT2D eigenvalue weighted by molar-refractivity contribution is 0.332. The number of rotatable bonds is 4. The standard InChI is InChI=1S/C15H20N2O3S2/c1-3-21-15-16-12-9-22(18,19)10-13(12)17(15)8-11-6-4-5-7-14(11)20-2/h4-7,12-13H,3,8-10H2,1-2H3/t12-,13-/m0/s1. The van der Waals surface area contributed by atoms with Crippen molar-refractivity contribution in [2.45, 2.75) is 25.6 Å². The normalized spacial score (nSPS) is 25.9. The van der Waals surface area contributed by atoms with E-state index < -0.39 is 9.84 Å². The molecule has 0 radical (unpaired) electrons. The molecule has 1 saturated heterocycles. The van der Waals surface area contributed by atoms with E-state index in [1.165, 1.54) is 0 Å². The van der Waals surface area contributed by atoms with E-state index in [2.05, 4.69) is 16.8 Å². The molecule has 2 aliphatic heterocycles. The van der Waals surface area contributed by atoms with Crippen LogP contribution in [0.5, 0.6) is 5.75 Å². The van der Waals surface area contributed by atoms with E-state index in [0.29, 0.717) is 6.54 Å². The lowest BCUT2D eigenvalue weighted by Gasteiger charge is -2.27. The summed E-state index contributed by atoms with van der Waals surface area (Å²) in [6.45, 7) is 2.71. The van der Waals surface area contributed by atoms with Gasteiger partial charge in [-0.05, 0) is 11.8 Å². The van der Waals surface area contributed by atoms with E-state index in [1.807, 2.05) is 24.3 Å². The lowest BCUT2D eigenvalue weighted by atomic mass is 10.1. The van der Waals surface area contributed by atoms with Crippen LogP contribution in [-0.4, -0.2) is 54.9 Å². The Morgan fingerprint density at radius 3 is 2.86 bits per heavy atom. The van der Waals surface area contributed by atoms with Crippen LogP contribution in [0, 0.1) is 0 Å². The van der Waals surface area contributed by atoms with E-state index in [9.17, 15) is 8.42 Å². The molecule has 0 unspecified atom stereocenters. The third-order valence-electron chi connectivity index (χ3n) is 4.02. The van der Waals surface area contributed by atoms with Crippen molar-refractivity contribution in [3.8, 4) is 5.75 Å². The fraction of sp³-hybridized carbons (Fsp3) is 0.533. The van der Waals surface area contributed by atoms with Gasteiger partial charge in [0.15, 0.2) is 15.0 Å². The van der Waals surface area contributed by atoms with Gasteiger partial charge >= 0.3 is 0 Å². The lowest BCUT2D eigenvalue weighted by Crippen LogP contribution is -2.38. The molecule has 2 heterocycles. The largest absolute Gasteiger partial charge is 0.496 e. The van der Waals surface area contributed by atoms with Crippen molar-refractivity contribution in [2.24, 2.45) is 4.99 Å². The molecule has 2 aliphatic rings. The second-order valence-corrected chi connectivity index (χ2v) is 8.88. The maximum Gasteiger partial charge on any atom is 0.160 e. The minimum Gasteiger partial charge on any atom is -0.496 e. The number of methoxy groups -OCH3 is 1. The van der Waals surface area contributed by atoms with Gasteiger partial charge in [-0.15, -0.1) is 0 Å². The first-order chi connectivity index (χ1) is 10.5. The molecular formula is C15H20N2O3S2. The predicted octanol–water partition coefficient (Wildman–Crippen LogP) is 1.79. The molecule has 120 valence electrons. The van der Waals surface area contributed by atoms with Gasteiger partial charge in [0.05, 0.1) is 30.7 Å². The fourth-order valence-electron chi connectivity index (χ4n) is 3.04. The first-order valence-electron chi connectivity index (χ1n) is 7.33. The SMILES string of the molecule is CCSC1=N[C@H]2CS(=O)(=O)C[C@@H]2N1Cc1ccccc1OC. The molecule has 0 saturated carbocycles. The van der Waals surface area contributed by atoms with Gasteiger partial charge in [0, 0.05) is 12.1 Å². The molecule has 2 atom stereocenters. The number of hydrogen-bond donors (Lipinski definition) is 0. The van der Waals surface area contributed by atoms with Crippen molar-refractivity contribution in [1.82, 2.24) is 4.90 Å². The molecule has 0 spiro atoms. The highest BCUT2D eigenvalue weighted by atomic mass is 32.2. The third-order valence-corrected chi connectivity index (χ3v) is 6.61. The quantitative estimate of drug-likeness (QED) is 0.836. The van der Waals surface area contributed by atoms with Crippen molar-refractivity contribution in [1.29, 1.82) is 0 Å². The van der Waals surface area contributed by atoms with Crippen LogP contribution in [0.3, 0.4) is 0 Å². The number of sulfone groups is 1. The summed E-state index contributed by atoms with van der Waals surface area (Å²) in [4.78, 5) is 6.79. The Morgan fingerprint density at radius 2 is 2.14 bits per heavy atom. The average Bonchev–Trinajstić information content (AvgIpc) is 2.93. The molecule has 7 heteroatoms. The number of amidine groups is 1. The highest BCUT2D eigenvalue weighted by Gasteiger charge is 2.46. The Hall–Kier alpha value is -1.21. The van der Waals surface area contributed by atoms with Crippen LogP contribution in [0.1, 0.15) is 12.5 Å². The number of hydrogen-bond acceptors (Lipinski definition) is 6. The molecule has 3 rings (SSSR count). The Bertz CT molecular complexity index is 688. The molecule has 22 heavy (non-hydrogen) atoms. The molecule has 1 aromatic rings. The molecule has 0 bridgehead atoms. The average molecular weight is 340 g/mol. The van der Waals surface area contributed by atoms with Gasteiger partial charge in [-0.25, -0.2) is 8.42 Å². The number of benzene rings is 1. The highest BCUT2D eigenvalue weighted by molar-refractivity contribution is 8.13. The molecule has 1 aromatic carbocycles. The zero-order valence-electron chi connectivity index (χ0n) is 12.7. The fourth-order valence-corrected chi connectivity index (χ4v) is 5.75.